The maximum atomic E-state index is 12.8. The number of carbonyl (C=O) groups excluding carboxylic acids is 1. The Bertz CT molecular complexity index is 892. The highest BCUT2D eigenvalue weighted by atomic mass is 16.2. The number of para-hydroxylation sites is 1. The highest BCUT2D eigenvalue weighted by molar-refractivity contribution is 6.05. The van der Waals surface area contributed by atoms with Crippen LogP contribution in [-0.4, -0.2) is 22.4 Å². The summed E-state index contributed by atoms with van der Waals surface area (Å²) in [6, 6.07) is 15.7. The second kappa shape index (κ2) is 7.78. The molecule has 2 aromatic carbocycles. The van der Waals surface area contributed by atoms with E-state index in [9.17, 15) is 4.79 Å². The van der Waals surface area contributed by atoms with E-state index in [4.69, 9.17) is 0 Å². The molecule has 0 unspecified atom stereocenters. The summed E-state index contributed by atoms with van der Waals surface area (Å²) >= 11 is 0. The van der Waals surface area contributed by atoms with Crippen molar-refractivity contribution in [1.29, 1.82) is 0 Å². The molecule has 0 radical (unpaired) electrons. The van der Waals surface area contributed by atoms with Gasteiger partial charge in [-0.25, -0.2) is 9.97 Å². The van der Waals surface area contributed by atoms with Gasteiger partial charge in [-0.15, -0.1) is 0 Å². The first kappa shape index (κ1) is 17.6. The van der Waals surface area contributed by atoms with Crippen molar-refractivity contribution in [3.8, 4) is 0 Å². The molecule has 1 heterocycles. The highest BCUT2D eigenvalue weighted by Crippen LogP contribution is 2.20. The minimum atomic E-state index is -0.114. The molecule has 26 heavy (non-hydrogen) atoms. The Labute approximate surface area is 153 Å². The molecule has 0 bridgehead atoms. The Morgan fingerprint density at radius 2 is 1.73 bits per heavy atom. The van der Waals surface area contributed by atoms with Gasteiger partial charge in [0.25, 0.3) is 5.91 Å². The summed E-state index contributed by atoms with van der Waals surface area (Å²) in [5.41, 5.74) is 4.60. The van der Waals surface area contributed by atoms with Crippen LogP contribution in [0.15, 0.2) is 60.9 Å². The molecule has 5 heteroatoms. The van der Waals surface area contributed by atoms with E-state index in [1.165, 1.54) is 5.56 Å². The van der Waals surface area contributed by atoms with Crippen LogP contribution in [0.25, 0.3) is 0 Å². The molecule has 0 atom stereocenters. The van der Waals surface area contributed by atoms with Crippen molar-refractivity contribution in [2.45, 2.75) is 20.8 Å². The molecule has 1 aromatic heterocycles. The number of amides is 1. The van der Waals surface area contributed by atoms with E-state index < -0.39 is 0 Å². The largest absolute Gasteiger partial charge is 0.324 e. The zero-order valence-electron chi connectivity index (χ0n) is 15.2. The maximum Gasteiger partial charge on any atom is 0.261 e. The number of benzene rings is 2. The van der Waals surface area contributed by atoms with Crippen molar-refractivity contribution in [3.63, 3.8) is 0 Å². The number of nitrogens with one attached hydrogen (secondary N) is 1. The van der Waals surface area contributed by atoms with Gasteiger partial charge in [0.1, 0.15) is 0 Å². The van der Waals surface area contributed by atoms with Crippen LogP contribution in [0.2, 0.25) is 0 Å². The molecule has 1 N–H and O–H groups in total. The fourth-order valence-electron chi connectivity index (χ4n) is 2.78. The molecule has 1 amide bonds. The molecular formula is C21H22N4O. The van der Waals surface area contributed by atoms with Crippen LogP contribution in [0.1, 0.15) is 28.4 Å². The minimum absolute atomic E-state index is 0.114. The summed E-state index contributed by atoms with van der Waals surface area (Å²) in [6.45, 7) is 6.61. The van der Waals surface area contributed by atoms with Gasteiger partial charge >= 0.3 is 0 Å². The number of hydrogen-bond donors (Lipinski definition) is 1. The van der Waals surface area contributed by atoms with E-state index in [2.05, 4.69) is 28.3 Å². The SMILES string of the molecule is CCN(C(=O)c1cnc(Nc2ccc(C)cc2C)nc1)c1ccccc1. The van der Waals surface area contributed by atoms with Crippen LogP contribution >= 0.6 is 0 Å². The van der Waals surface area contributed by atoms with E-state index in [1.807, 2.05) is 56.3 Å². The lowest BCUT2D eigenvalue weighted by Crippen LogP contribution is -2.30. The first-order valence-corrected chi connectivity index (χ1v) is 8.61. The van der Waals surface area contributed by atoms with Gasteiger partial charge in [-0.1, -0.05) is 35.9 Å². The van der Waals surface area contributed by atoms with Crippen molar-refractivity contribution in [2.24, 2.45) is 0 Å². The standard InChI is InChI=1S/C21H22N4O/c1-4-25(18-8-6-5-7-9-18)20(26)17-13-22-21(23-14-17)24-19-11-10-15(2)12-16(19)3/h5-14H,4H2,1-3H3,(H,22,23,24). The molecular weight excluding hydrogens is 324 g/mol. The quantitative estimate of drug-likeness (QED) is 0.739. The van der Waals surface area contributed by atoms with Crippen molar-refractivity contribution < 1.29 is 4.79 Å². The number of aryl methyl sites for hydroxylation is 2. The average Bonchev–Trinajstić information content (AvgIpc) is 2.66. The molecule has 0 spiro atoms. The van der Waals surface area contributed by atoms with Crippen LogP contribution in [0.5, 0.6) is 0 Å². The zero-order chi connectivity index (χ0) is 18.5. The highest BCUT2D eigenvalue weighted by Gasteiger charge is 2.16. The topological polar surface area (TPSA) is 58.1 Å². The molecule has 0 aliphatic rings. The van der Waals surface area contributed by atoms with E-state index in [-0.39, 0.29) is 5.91 Å². The Morgan fingerprint density at radius 1 is 1.04 bits per heavy atom. The first-order chi connectivity index (χ1) is 12.6. The third-order valence-electron chi connectivity index (χ3n) is 4.16. The first-order valence-electron chi connectivity index (χ1n) is 8.61. The molecule has 0 saturated heterocycles. The number of aromatic nitrogens is 2. The molecule has 132 valence electrons. The Morgan fingerprint density at radius 3 is 2.35 bits per heavy atom. The number of hydrogen-bond acceptors (Lipinski definition) is 4. The van der Waals surface area contributed by atoms with Crippen LogP contribution in [0, 0.1) is 13.8 Å². The third kappa shape index (κ3) is 3.88. The van der Waals surface area contributed by atoms with Gasteiger partial charge in [-0.2, -0.15) is 0 Å². The van der Waals surface area contributed by atoms with Gasteiger partial charge in [-0.3, -0.25) is 4.79 Å². The van der Waals surface area contributed by atoms with E-state index in [1.54, 1.807) is 17.3 Å². The lowest BCUT2D eigenvalue weighted by molar-refractivity contribution is 0.0987. The summed E-state index contributed by atoms with van der Waals surface area (Å²) in [7, 11) is 0. The summed E-state index contributed by atoms with van der Waals surface area (Å²) in [6.07, 6.45) is 3.12. The van der Waals surface area contributed by atoms with Crippen LogP contribution in [0.4, 0.5) is 17.3 Å². The minimum Gasteiger partial charge on any atom is -0.324 e. The van der Waals surface area contributed by atoms with Gasteiger partial charge in [0.15, 0.2) is 0 Å². The monoisotopic (exact) mass is 346 g/mol. The Hall–Kier alpha value is -3.21. The predicted octanol–water partition coefficient (Wildman–Crippen LogP) is 4.50. The zero-order valence-corrected chi connectivity index (χ0v) is 15.2. The van der Waals surface area contributed by atoms with Crippen molar-refractivity contribution >= 4 is 23.2 Å². The lowest BCUT2D eigenvalue weighted by Gasteiger charge is -2.20. The molecule has 3 rings (SSSR count). The molecule has 0 fully saturated rings. The maximum absolute atomic E-state index is 12.8. The Kier molecular flexibility index (Phi) is 5.27. The summed E-state index contributed by atoms with van der Waals surface area (Å²) in [4.78, 5) is 23.1. The van der Waals surface area contributed by atoms with Crippen molar-refractivity contribution in [3.05, 3.63) is 77.6 Å². The Balaban J connectivity index is 1.77. The number of rotatable bonds is 5. The number of nitrogens with zero attached hydrogens (tertiary/aromatic N) is 3. The fraction of sp³-hybridized carbons (Fsp3) is 0.190. The van der Waals surface area contributed by atoms with Crippen molar-refractivity contribution in [1.82, 2.24) is 9.97 Å². The van der Waals surface area contributed by atoms with Crippen LogP contribution in [0.3, 0.4) is 0 Å². The summed E-state index contributed by atoms with van der Waals surface area (Å²) < 4.78 is 0. The summed E-state index contributed by atoms with van der Waals surface area (Å²) in [5, 5.41) is 3.19. The van der Waals surface area contributed by atoms with Crippen LogP contribution < -0.4 is 10.2 Å². The third-order valence-corrected chi connectivity index (χ3v) is 4.16. The van der Waals surface area contributed by atoms with E-state index in [0.717, 1.165) is 16.9 Å². The van der Waals surface area contributed by atoms with Gasteiger partial charge < -0.3 is 10.2 Å². The fourth-order valence-corrected chi connectivity index (χ4v) is 2.78. The molecule has 0 aliphatic heterocycles. The number of carbonyl (C=O) groups is 1. The summed E-state index contributed by atoms with van der Waals surface area (Å²) in [5.74, 6) is 0.355. The molecule has 5 nitrogen and oxygen atoms in total. The molecule has 0 saturated carbocycles. The second-order valence-corrected chi connectivity index (χ2v) is 6.12. The normalized spacial score (nSPS) is 10.4. The van der Waals surface area contributed by atoms with Gasteiger partial charge in [0.05, 0.1) is 5.56 Å². The molecule has 0 aliphatic carbocycles. The second-order valence-electron chi connectivity index (χ2n) is 6.12. The lowest BCUT2D eigenvalue weighted by atomic mass is 10.1. The van der Waals surface area contributed by atoms with Crippen molar-refractivity contribution in [2.75, 3.05) is 16.8 Å². The molecule has 3 aromatic rings. The average molecular weight is 346 g/mol. The van der Waals surface area contributed by atoms with E-state index >= 15 is 0 Å². The van der Waals surface area contributed by atoms with Gasteiger partial charge in [0.2, 0.25) is 5.95 Å². The number of anilines is 3. The van der Waals surface area contributed by atoms with Gasteiger partial charge in [-0.05, 0) is 44.5 Å². The predicted molar refractivity (Wildman–Crippen MR) is 105 cm³/mol. The van der Waals surface area contributed by atoms with Crippen LogP contribution in [-0.2, 0) is 0 Å². The van der Waals surface area contributed by atoms with Gasteiger partial charge in [0, 0.05) is 30.3 Å². The van der Waals surface area contributed by atoms with E-state index in [0.29, 0.717) is 18.1 Å². The smallest absolute Gasteiger partial charge is 0.261 e.